The third-order valence-corrected chi connectivity index (χ3v) is 10.7. The van der Waals surface area contributed by atoms with Crippen molar-refractivity contribution >= 4 is 5.97 Å². The molecule has 9 aliphatic rings. The van der Waals surface area contributed by atoms with Crippen LogP contribution in [0, 0.1) is 34.0 Å². The van der Waals surface area contributed by atoms with Crippen molar-refractivity contribution in [3.63, 3.8) is 0 Å². The molecule has 5 heteroatoms. The smallest absolute Gasteiger partial charge is 0.303 e. The second kappa shape index (κ2) is 5.28. The first-order chi connectivity index (χ1) is 13.9. The van der Waals surface area contributed by atoms with Gasteiger partial charge in [-0.1, -0.05) is 19.9 Å². The molecule has 7 bridgehead atoms. The molecule has 0 aromatic carbocycles. The maximum absolute atomic E-state index is 12.1. The average Bonchev–Trinajstić information content (AvgIpc) is 3.19. The van der Waals surface area contributed by atoms with Gasteiger partial charge >= 0.3 is 5.97 Å². The average molecular weight is 400 g/mol. The fourth-order valence-electron chi connectivity index (χ4n) is 10.0. The van der Waals surface area contributed by atoms with Gasteiger partial charge in [-0.05, 0) is 61.9 Å². The van der Waals surface area contributed by atoms with E-state index in [0.29, 0.717) is 17.8 Å². The minimum atomic E-state index is -0.169. The number of nitrogens with zero attached hydrogens (tertiary/aromatic N) is 1. The molecule has 9 fully saturated rings. The predicted molar refractivity (Wildman–Crippen MR) is 106 cm³/mol. The van der Waals surface area contributed by atoms with Crippen molar-refractivity contribution in [3.8, 4) is 0 Å². The maximum Gasteiger partial charge on any atom is 0.303 e. The van der Waals surface area contributed by atoms with Crippen molar-refractivity contribution in [2.75, 3.05) is 13.2 Å². The molecule has 2 spiro atoms. The third-order valence-electron chi connectivity index (χ3n) is 10.7. The van der Waals surface area contributed by atoms with Gasteiger partial charge in [-0.15, -0.1) is 0 Å². The molecule has 158 valence electrons. The number of esters is 1. The van der Waals surface area contributed by atoms with Crippen LogP contribution in [0.3, 0.4) is 0 Å². The highest BCUT2D eigenvalue weighted by atomic mass is 16.6. The van der Waals surface area contributed by atoms with Crippen LogP contribution in [0.2, 0.25) is 0 Å². The van der Waals surface area contributed by atoms with Crippen LogP contribution in [0.5, 0.6) is 0 Å². The summed E-state index contributed by atoms with van der Waals surface area (Å²) in [5, 5.41) is 0. The molecule has 10 atom stereocenters. The van der Waals surface area contributed by atoms with Crippen LogP contribution in [0.4, 0.5) is 0 Å². The van der Waals surface area contributed by atoms with E-state index < -0.39 is 0 Å². The van der Waals surface area contributed by atoms with E-state index in [2.05, 4.69) is 18.4 Å². The van der Waals surface area contributed by atoms with Gasteiger partial charge in [0.15, 0.2) is 0 Å². The zero-order valence-electron chi connectivity index (χ0n) is 17.7. The van der Waals surface area contributed by atoms with Gasteiger partial charge < -0.3 is 14.2 Å². The first-order valence-corrected chi connectivity index (χ1v) is 11.8. The van der Waals surface area contributed by atoms with Crippen LogP contribution >= 0.6 is 0 Å². The van der Waals surface area contributed by atoms with E-state index in [1.54, 1.807) is 6.92 Å². The van der Waals surface area contributed by atoms with Crippen molar-refractivity contribution in [1.82, 2.24) is 4.90 Å². The lowest BCUT2D eigenvalue weighted by atomic mass is 9.32. The Morgan fingerprint density at radius 2 is 2.03 bits per heavy atom. The summed E-state index contributed by atoms with van der Waals surface area (Å²) in [7, 11) is 0. The SMILES string of the molecule is C=C1C2CC[C@@]3(C4CC5[C@@]6(C)CCC[C@@]5(C(O4)N4CCOC46)C3C2)C1OC(C)=O. The normalized spacial score (nSPS) is 59.4. The van der Waals surface area contributed by atoms with E-state index in [-0.39, 0.29) is 46.9 Å². The fourth-order valence-corrected chi connectivity index (χ4v) is 10.0. The van der Waals surface area contributed by atoms with Gasteiger partial charge in [0.1, 0.15) is 18.6 Å². The highest BCUT2D eigenvalue weighted by Gasteiger charge is 2.81. The van der Waals surface area contributed by atoms with Crippen LogP contribution in [-0.2, 0) is 19.0 Å². The van der Waals surface area contributed by atoms with Crippen LogP contribution in [0.25, 0.3) is 0 Å². The molecule has 9 rings (SSSR count). The van der Waals surface area contributed by atoms with Gasteiger partial charge in [-0.25, -0.2) is 4.90 Å². The molecule has 5 saturated carbocycles. The van der Waals surface area contributed by atoms with Gasteiger partial charge in [0.2, 0.25) is 0 Å². The first kappa shape index (κ1) is 17.7. The molecule has 0 N–H and O–H groups in total. The molecule has 5 aliphatic carbocycles. The summed E-state index contributed by atoms with van der Waals surface area (Å²) in [5.41, 5.74) is 1.51. The Morgan fingerprint density at radius 1 is 1.17 bits per heavy atom. The van der Waals surface area contributed by atoms with Crippen molar-refractivity contribution in [3.05, 3.63) is 12.2 Å². The van der Waals surface area contributed by atoms with E-state index >= 15 is 0 Å². The van der Waals surface area contributed by atoms with Crippen molar-refractivity contribution in [2.45, 2.75) is 83.5 Å². The molecular weight excluding hydrogens is 366 g/mol. The second-order valence-corrected chi connectivity index (χ2v) is 11.4. The monoisotopic (exact) mass is 399 g/mol. The standard InChI is InChI=1S/C24H33NO4/c1-13-15-5-8-24(19(13)28-14(2)26)17(11-15)23-7-4-6-22(3)16(23)12-18(24)29-21(23)25-9-10-27-20(22)25/h15-21H,1,4-12H2,2-3H3/t15?,16?,17?,18?,19?,20?,21?,22-,23+,24-/m1/s1. The lowest BCUT2D eigenvalue weighted by Gasteiger charge is -2.80. The minimum Gasteiger partial charge on any atom is -0.457 e. The Bertz CT molecular complexity index is 813. The second-order valence-electron chi connectivity index (χ2n) is 11.4. The molecule has 4 heterocycles. The largest absolute Gasteiger partial charge is 0.457 e. The quantitative estimate of drug-likeness (QED) is 0.499. The summed E-state index contributed by atoms with van der Waals surface area (Å²) in [6, 6.07) is 0. The van der Waals surface area contributed by atoms with Crippen LogP contribution in [0.1, 0.15) is 58.8 Å². The number of hydrogen-bond acceptors (Lipinski definition) is 5. The highest BCUT2D eigenvalue weighted by Crippen LogP contribution is 2.79. The summed E-state index contributed by atoms with van der Waals surface area (Å²) in [6.45, 7) is 10.3. The van der Waals surface area contributed by atoms with Gasteiger partial charge in [-0.3, -0.25) is 4.79 Å². The first-order valence-electron chi connectivity index (χ1n) is 11.8. The summed E-state index contributed by atoms with van der Waals surface area (Å²) >= 11 is 0. The number of hydrogen-bond donors (Lipinski definition) is 0. The van der Waals surface area contributed by atoms with Gasteiger partial charge in [-0.2, -0.15) is 0 Å². The summed E-state index contributed by atoms with van der Waals surface area (Å²) in [6.07, 6.45) is 8.86. The van der Waals surface area contributed by atoms with Crippen molar-refractivity contribution < 1.29 is 19.0 Å². The van der Waals surface area contributed by atoms with E-state index in [1.807, 2.05) is 0 Å². The van der Waals surface area contributed by atoms with Crippen molar-refractivity contribution in [2.24, 2.45) is 34.0 Å². The van der Waals surface area contributed by atoms with Gasteiger partial charge in [0.05, 0.1) is 12.7 Å². The van der Waals surface area contributed by atoms with Crippen molar-refractivity contribution in [1.29, 1.82) is 0 Å². The Hall–Kier alpha value is -0.910. The molecule has 0 radical (unpaired) electrons. The molecule has 5 nitrogen and oxygen atoms in total. The molecule has 0 aromatic rings. The zero-order valence-corrected chi connectivity index (χ0v) is 17.7. The van der Waals surface area contributed by atoms with E-state index in [4.69, 9.17) is 14.2 Å². The Balaban J connectivity index is 1.42. The third kappa shape index (κ3) is 1.74. The highest BCUT2D eigenvalue weighted by molar-refractivity contribution is 5.67. The summed E-state index contributed by atoms with van der Waals surface area (Å²) in [4.78, 5) is 14.7. The Morgan fingerprint density at radius 3 is 2.86 bits per heavy atom. The fraction of sp³-hybridized carbons (Fsp3) is 0.875. The number of fused-ring (bicyclic) bond motifs is 4. The Kier molecular flexibility index (Phi) is 3.23. The number of carbonyl (C=O) groups excluding carboxylic acids is 1. The molecule has 0 amide bonds. The maximum atomic E-state index is 12.1. The van der Waals surface area contributed by atoms with Gasteiger partial charge in [0.25, 0.3) is 0 Å². The molecule has 0 aromatic heterocycles. The summed E-state index contributed by atoms with van der Waals surface area (Å²) in [5.74, 6) is 1.57. The topological polar surface area (TPSA) is 48.0 Å². The molecular formula is C24H33NO4. The minimum absolute atomic E-state index is 0.0594. The molecule has 4 saturated heterocycles. The van der Waals surface area contributed by atoms with Gasteiger partial charge in [0, 0.05) is 29.7 Å². The molecule has 29 heavy (non-hydrogen) atoms. The number of ether oxygens (including phenoxy) is 3. The van der Waals surface area contributed by atoms with E-state index in [0.717, 1.165) is 26.0 Å². The lowest BCUT2D eigenvalue weighted by Crippen LogP contribution is -2.83. The lowest BCUT2D eigenvalue weighted by molar-refractivity contribution is -0.422. The number of piperidine rings is 1. The zero-order chi connectivity index (χ0) is 19.8. The Labute approximate surface area is 173 Å². The predicted octanol–water partition coefficient (Wildman–Crippen LogP) is 3.48. The van der Waals surface area contributed by atoms with Crippen LogP contribution < -0.4 is 0 Å². The van der Waals surface area contributed by atoms with Crippen LogP contribution in [-0.4, -0.2) is 48.7 Å². The molecule has 7 unspecified atom stereocenters. The van der Waals surface area contributed by atoms with E-state index in [9.17, 15) is 4.79 Å². The summed E-state index contributed by atoms with van der Waals surface area (Å²) < 4.78 is 19.5. The number of carbonyl (C=O) groups is 1. The number of rotatable bonds is 1. The molecule has 4 aliphatic heterocycles. The van der Waals surface area contributed by atoms with Crippen LogP contribution in [0.15, 0.2) is 12.2 Å². The van der Waals surface area contributed by atoms with E-state index in [1.165, 1.54) is 37.7 Å².